The molecule has 0 saturated carbocycles. The summed E-state index contributed by atoms with van der Waals surface area (Å²) in [7, 11) is 0. The van der Waals surface area contributed by atoms with Gasteiger partial charge in [0.1, 0.15) is 0 Å². The van der Waals surface area contributed by atoms with E-state index in [1.807, 2.05) is 53.4 Å². The second-order valence-electron chi connectivity index (χ2n) is 7.05. The molecule has 5 nitrogen and oxygen atoms in total. The Morgan fingerprint density at radius 1 is 0.857 bits per heavy atom. The van der Waals surface area contributed by atoms with Gasteiger partial charge < -0.3 is 15.5 Å². The maximum Gasteiger partial charge on any atom is 0.321 e. The van der Waals surface area contributed by atoms with Crippen molar-refractivity contribution >= 4 is 39.2 Å². The maximum atomic E-state index is 12.4. The molecule has 0 atom stereocenters. The predicted octanol–water partition coefficient (Wildman–Crippen LogP) is 5.43. The first-order valence-corrected chi connectivity index (χ1v) is 10.6. The molecule has 148 valence electrons. The molecule has 0 bridgehead atoms. The molecule has 28 heavy (non-hydrogen) atoms. The lowest BCUT2D eigenvalue weighted by atomic mass is 10.1. The Kier molecular flexibility index (Phi) is 7.48. The highest BCUT2D eigenvalue weighted by molar-refractivity contribution is 9.10. The number of aryl methyl sites for hydroxylation is 1. The summed E-state index contributed by atoms with van der Waals surface area (Å²) in [5.41, 5.74) is 2.58. The zero-order valence-corrected chi connectivity index (χ0v) is 17.5. The summed E-state index contributed by atoms with van der Waals surface area (Å²) in [5, 5.41) is 5.85. The first-order chi connectivity index (χ1) is 13.6. The topological polar surface area (TPSA) is 61.4 Å². The van der Waals surface area contributed by atoms with Crippen LogP contribution in [0.1, 0.15) is 37.7 Å². The Hall–Kier alpha value is -2.34. The van der Waals surface area contributed by atoms with Gasteiger partial charge in [0.25, 0.3) is 0 Å². The van der Waals surface area contributed by atoms with Crippen molar-refractivity contribution in [3.8, 4) is 0 Å². The number of carbonyl (C=O) groups is 2. The van der Waals surface area contributed by atoms with Gasteiger partial charge in [0, 0.05) is 35.4 Å². The maximum absolute atomic E-state index is 12.4. The summed E-state index contributed by atoms with van der Waals surface area (Å²) in [5.74, 6) is -0.0305. The molecule has 3 rings (SSSR count). The van der Waals surface area contributed by atoms with Crippen LogP contribution in [-0.2, 0) is 11.2 Å². The van der Waals surface area contributed by atoms with E-state index in [9.17, 15) is 9.59 Å². The monoisotopic (exact) mass is 443 g/mol. The summed E-state index contributed by atoms with van der Waals surface area (Å²) < 4.78 is 1.02. The average molecular weight is 444 g/mol. The number of hydrogen-bond acceptors (Lipinski definition) is 2. The summed E-state index contributed by atoms with van der Waals surface area (Å²) >= 11 is 3.50. The van der Waals surface area contributed by atoms with Gasteiger partial charge >= 0.3 is 6.03 Å². The summed E-state index contributed by atoms with van der Waals surface area (Å²) in [6.45, 7) is 1.63. The van der Waals surface area contributed by atoms with E-state index in [1.54, 1.807) is 0 Å². The third-order valence-corrected chi connectivity index (χ3v) is 5.67. The van der Waals surface area contributed by atoms with Gasteiger partial charge in [-0.05, 0) is 55.2 Å². The molecule has 1 aliphatic rings. The van der Waals surface area contributed by atoms with Crippen LogP contribution >= 0.6 is 15.9 Å². The van der Waals surface area contributed by atoms with Crippen molar-refractivity contribution in [2.75, 3.05) is 23.7 Å². The summed E-state index contributed by atoms with van der Waals surface area (Å²) in [4.78, 5) is 26.4. The molecule has 6 heteroatoms. The van der Waals surface area contributed by atoms with E-state index in [1.165, 1.54) is 12.8 Å². The molecule has 2 aromatic rings. The highest BCUT2D eigenvalue weighted by atomic mass is 79.9. The normalized spacial score (nSPS) is 14.2. The predicted molar refractivity (Wildman–Crippen MR) is 117 cm³/mol. The highest BCUT2D eigenvalue weighted by Crippen LogP contribution is 2.19. The molecular formula is C22H26BrN3O2. The number of nitrogens with one attached hydrogen (secondary N) is 2. The number of anilines is 2. The van der Waals surface area contributed by atoms with Crippen molar-refractivity contribution in [2.24, 2.45) is 0 Å². The van der Waals surface area contributed by atoms with Gasteiger partial charge in [-0.15, -0.1) is 0 Å². The van der Waals surface area contributed by atoms with E-state index in [2.05, 4.69) is 26.6 Å². The van der Waals surface area contributed by atoms with E-state index in [0.717, 1.165) is 47.3 Å². The first kappa shape index (κ1) is 20.4. The van der Waals surface area contributed by atoms with Crippen molar-refractivity contribution in [1.82, 2.24) is 4.90 Å². The van der Waals surface area contributed by atoms with E-state index in [-0.39, 0.29) is 11.9 Å². The molecule has 0 spiro atoms. The Morgan fingerprint density at radius 2 is 1.46 bits per heavy atom. The van der Waals surface area contributed by atoms with Crippen LogP contribution in [0.2, 0.25) is 0 Å². The number of benzene rings is 2. The average Bonchev–Trinajstić information content (AvgIpc) is 2.98. The van der Waals surface area contributed by atoms with Crippen LogP contribution in [-0.4, -0.2) is 29.9 Å². The minimum Gasteiger partial charge on any atom is -0.326 e. The Bertz CT molecular complexity index is 800. The van der Waals surface area contributed by atoms with Gasteiger partial charge in [-0.25, -0.2) is 4.79 Å². The number of amides is 3. The van der Waals surface area contributed by atoms with Gasteiger partial charge in [-0.3, -0.25) is 4.79 Å². The molecule has 1 saturated heterocycles. The second-order valence-corrected chi connectivity index (χ2v) is 7.90. The van der Waals surface area contributed by atoms with Gasteiger partial charge in [0.05, 0.1) is 0 Å². The molecule has 1 fully saturated rings. The largest absolute Gasteiger partial charge is 0.326 e. The lowest BCUT2D eigenvalue weighted by Gasteiger charge is -2.20. The molecule has 3 amide bonds. The Labute approximate surface area is 174 Å². The first-order valence-electron chi connectivity index (χ1n) is 9.81. The molecule has 0 radical (unpaired) electrons. The molecule has 0 aliphatic carbocycles. The SMILES string of the molecule is O=C(CCc1ccccc1Br)Nc1ccc(NC(=O)N2CCCCCC2)cc1. The van der Waals surface area contributed by atoms with Crippen molar-refractivity contribution < 1.29 is 9.59 Å². The molecule has 1 heterocycles. The minimum absolute atomic E-state index is 0.0305. The van der Waals surface area contributed by atoms with Crippen molar-refractivity contribution in [1.29, 1.82) is 0 Å². The van der Waals surface area contributed by atoms with Gasteiger partial charge in [-0.1, -0.05) is 47.0 Å². The highest BCUT2D eigenvalue weighted by Gasteiger charge is 2.15. The molecule has 2 N–H and O–H groups in total. The van der Waals surface area contributed by atoms with Crippen molar-refractivity contribution in [3.63, 3.8) is 0 Å². The Morgan fingerprint density at radius 3 is 2.11 bits per heavy atom. The van der Waals surface area contributed by atoms with Gasteiger partial charge in [-0.2, -0.15) is 0 Å². The summed E-state index contributed by atoms with van der Waals surface area (Å²) in [6, 6.07) is 15.1. The van der Waals surface area contributed by atoms with E-state index >= 15 is 0 Å². The third-order valence-electron chi connectivity index (χ3n) is 4.89. The molecule has 2 aromatic carbocycles. The number of carbonyl (C=O) groups excluding carboxylic acids is 2. The van der Waals surface area contributed by atoms with Crippen molar-refractivity contribution in [2.45, 2.75) is 38.5 Å². The van der Waals surface area contributed by atoms with Crippen molar-refractivity contribution in [3.05, 3.63) is 58.6 Å². The zero-order chi connectivity index (χ0) is 19.8. The standard InChI is InChI=1S/C22H26BrN3O2/c23-20-8-4-3-7-17(20)9-14-21(27)24-18-10-12-19(13-11-18)25-22(28)26-15-5-1-2-6-16-26/h3-4,7-8,10-13H,1-2,5-6,9,14-16H2,(H,24,27)(H,25,28). The summed E-state index contributed by atoms with van der Waals surface area (Å²) in [6.07, 6.45) is 5.61. The minimum atomic E-state index is -0.0490. The lowest BCUT2D eigenvalue weighted by Crippen LogP contribution is -2.35. The van der Waals surface area contributed by atoms with E-state index in [4.69, 9.17) is 0 Å². The van der Waals surface area contributed by atoms with Crippen LogP contribution in [0.3, 0.4) is 0 Å². The van der Waals surface area contributed by atoms with Crippen LogP contribution in [0.5, 0.6) is 0 Å². The van der Waals surface area contributed by atoms with E-state index in [0.29, 0.717) is 12.8 Å². The molecular weight excluding hydrogens is 418 g/mol. The van der Waals surface area contributed by atoms with Crippen LogP contribution in [0, 0.1) is 0 Å². The fraction of sp³-hybridized carbons (Fsp3) is 0.364. The van der Waals surface area contributed by atoms with Crippen LogP contribution in [0.25, 0.3) is 0 Å². The van der Waals surface area contributed by atoms with Gasteiger partial charge in [0.15, 0.2) is 0 Å². The molecule has 0 unspecified atom stereocenters. The third kappa shape index (κ3) is 6.09. The number of rotatable bonds is 5. The number of halogens is 1. The van der Waals surface area contributed by atoms with Crippen LogP contribution < -0.4 is 10.6 Å². The Balaban J connectivity index is 1.47. The fourth-order valence-electron chi connectivity index (χ4n) is 3.29. The van der Waals surface area contributed by atoms with Gasteiger partial charge in [0.2, 0.25) is 5.91 Å². The second kappa shape index (κ2) is 10.3. The molecule has 0 aromatic heterocycles. The number of likely N-dealkylation sites (tertiary alicyclic amines) is 1. The number of urea groups is 1. The fourth-order valence-corrected chi connectivity index (χ4v) is 3.77. The quantitative estimate of drug-likeness (QED) is 0.646. The van der Waals surface area contributed by atoms with Crippen LogP contribution in [0.15, 0.2) is 53.0 Å². The lowest BCUT2D eigenvalue weighted by molar-refractivity contribution is -0.116. The van der Waals surface area contributed by atoms with E-state index < -0.39 is 0 Å². The zero-order valence-electron chi connectivity index (χ0n) is 15.9. The molecule has 1 aliphatic heterocycles. The number of nitrogens with zero attached hydrogens (tertiary/aromatic N) is 1. The number of hydrogen-bond donors (Lipinski definition) is 2. The van der Waals surface area contributed by atoms with Crippen LogP contribution in [0.4, 0.5) is 16.2 Å². The smallest absolute Gasteiger partial charge is 0.321 e.